The zero-order chi connectivity index (χ0) is 21.2. The topological polar surface area (TPSA) is 74.1 Å². The smallest absolute Gasteiger partial charge is 0.194 e. The van der Waals surface area contributed by atoms with Crippen molar-refractivity contribution in [1.82, 2.24) is 25.5 Å². The number of aryl methyl sites for hydroxylation is 1. The summed E-state index contributed by atoms with van der Waals surface area (Å²) in [5, 5.41) is 15.5. The van der Waals surface area contributed by atoms with E-state index in [-0.39, 0.29) is 19.0 Å². The zero-order valence-electron chi connectivity index (χ0n) is 18.5. The van der Waals surface area contributed by atoms with Gasteiger partial charge in [0.05, 0.1) is 12.8 Å². The Balaban J connectivity index is 0.00000341. The molecule has 0 saturated heterocycles. The number of tetrazole rings is 1. The van der Waals surface area contributed by atoms with Gasteiger partial charge >= 0.3 is 0 Å². The minimum atomic E-state index is 0. The molecule has 0 unspecified atom stereocenters. The van der Waals surface area contributed by atoms with Crippen LogP contribution in [0.5, 0.6) is 11.5 Å². The first kappa shape index (κ1) is 24.6. The molecule has 7 nitrogen and oxygen atoms in total. The summed E-state index contributed by atoms with van der Waals surface area (Å²) in [7, 11) is 1.65. The van der Waals surface area contributed by atoms with Gasteiger partial charge in [0, 0.05) is 6.54 Å². The predicted octanol–water partition coefficient (Wildman–Crippen LogP) is 4.65. The highest BCUT2D eigenvalue weighted by atomic mass is 35.5. The number of methoxy groups -OCH3 is 1. The number of rotatable bonds is 12. The molecule has 168 valence electrons. The molecule has 3 aromatic rings. The molecule has 31 heavy (non-hydrogen) atoms. The Kier molecular flexibility index (Phi) is 10.3. The summed E-state index contributed by atoms with van der Waals surface area (Å²) in [5.41, 5.74) is 3.25. The van der Waals surface area contributed by atoms with Gasteiger partial charge in [0.25, 0.3) is 0 Å². The predicted molar refractivity (Wildman–Crippen MR) is 124 cm³/mol. The normalized spacial score (nSPS) is 10.5. The van der Waals surface area contributed by atoms with Gasteiger partial charge in [0.15, 0.2) is 23.9 Å². The summed E-state index contributed by atoms with van der Waals surface area (Å²) in [6.45, 7) is 6.36. The Morgan fingerprint density at radius 1 is 1.00 bits per heavy atom. The van der Waals surface area contributed by atoms with E-state index in [1.54, 1.807) is 11.8 Å². The molecule has 0 aliphatic heterocycles. The number of nitrogens with zero attached hydrogens (tertiary/aromatic N) is 4. The molecule has 0 atom stereocenters. The van der Waals surface area contributed by atoms with Crippen LogP contribution in [0, 0.1) is 6.92 Å². The first-order valence-corrected chi connectivity index (χ1v) is 10.6. The number of halogens is 1. The van der Waals surface area contributed by atoms with Crippen LogP contribution in [0.3, 0.4) is 0 Å². The van der Waals surface area contributed by atoms with Crippen molar-refractivity contribution in [3.05, 3.63) is 59.4 Å². The fourth-order valence-electron chi connectivity index (χ4n) is 3.18. The van der Waals surface area contributed by atoms with Crippen LogP contribution in [0.2, 0.25) is 0 Å². The van der Waals surface area contributed by atoms with E-state index in [0.717, 1.165) is 18.8 Å². The van der Waals surface area contributed by atoms with Crippen LogP contribution >= 0.6 is 12.4 Å². The Morgan fingerprint density at radius 3 is 2.55 bits per heavy atom. The number of nitrogens with one attached hydrogen (secondary N) is 1. The minimum Gasteiger partial charge on any atom is -0.493 e. The van der Waals surface area contributed by atoms with E-state index in [2.05, 4.69) is 33.8 Å². The van der Waals surface area contributed by atoms with Gasteiger partial charge in [-0.25, -0.2) is 0 Å². The summed E-state index contributed by atoms with van der Waals surface area (Å²) < 4.78 is 13.2. The Morgan fingerprint density at radius 2 is 1.81 bits per heavy atom. The Hall–Kier alpha value is -2.64. The second-order valence-corrected chi connectivity index (χ2v) is 7.35. The lowest BCUT2D eigenvalue weighted by Crippen LogP contribution is -2.14. The molecule has 2 aromatic carbocycles. The van der Waals surface area contributed by atoms with Gasteiger partial charge in [0.2, 0.25) is 0 Å². The van der Waals surface area contributed by atoms with Gasteiger partial charge in [-0.15, -0.1) is 17.5 Å². The quantitative estimate of drug-likeness (QED) is 0.409. The third-order valence-electron chi connectivity index (χ3n) is 4.93. The van der Waals surface area contributed by atoms with Crippen LogP contribution in [0.1, 0.15) is 49.6 Å². The van der Waals surface area contributed by atoms with E-state index < -0.39 is 0 Å². The van der Waals surface area contributed by atoms with Crippen LogP contribution in [0.15, 0.2) is 42.5 Å². The largest absolute Gasteiger partial charge is 0.493 e. The lowest BCUT2D eigenvalue weighted by atomic mass is 10.2. The Bertz CT molecular complexity index is 915. The number of aromatic nitrogens is 4. The highest BCUT2D eigenvalue weighted by Crippen LogP contribution is 2.28. The SMILES string of the molecule is CCCCCCNCc1ccc(OCc2nnnn2-c2ccc(C)cc2)c(OC)c1.Cl. The van der Waals surface area contributed by atoms with Gasteiger partial charge < -0.3 is 14.8 Å². The van der Waals surface area contributed by atoms with E-state index in [4.69, 9.17) is 9.47 Å². The second kappa shape index (κ2) is 12.9. The molecule has 0 saturated carbocycles. The van der Waals surface area contributed by atoms with E-state index in [9.17, 15) is 0 Å². The number of hydrogen-bond donors (Lipinski definition) is 1. The van der Waals surface area contributed by atoms with E-state index >= 15 is 0 Å². The third kappa shape index (κ3) is 7.22. The first-order valence-electron chi connectivity index (χ1n) is 10.6. The average molecular weight is 446 g/mol. The molecule has 0 aliphatic carbocycles. The summed E-state index contributed by atoms with van der Waals surface area (Å²) in [5.74, 6) is 2.00. The van der Waals surface area contributed by atoms with Gasteiger partial charge in [-0.05, 0) is 60.1 Å². The molecule has 8 heteroatoms. The molecule has 1 N–H and O–H groups in total. The van der Waals surface area contributed by atoms with Crippen molar-refractivity contribution in [3.8, 4) is 17.2 Å². The molecule has 0 amide bonds. The van der Waals surface area contributed by atoms with Crippen LogP contribution in [-0.2, 0) is 13.2 Å². The molecule has 0 radical (unpaired) electrons. The average Bonchev–Trinajstić information content (AvgIpc) is 3.24. The molecular weight excluding hydrogens is 414 g/mol. The van der Waals surface area contributed by atoms with E-state index in [1.165, 1.54) is 36.8 Å². The van der Waals surface area contributed by atoms with Crippen molar-refractivity contribution < 1.29 is 9.47 Å². The van der Waals surface area contributed by atoms with Crippen molar-refractivity contribution in [1.29, 1.82) is 0 Å². The Labute approximate surface area is 190 Å². The highest BCUT2D eigenvalue weighted by molar-refractivity contribution is 5.85. The lowest BCUT2D eigenvalue weighted by molar-refractivity contribution is 0.273. The second-order valence-electron chi connectivity index (χ2n) is 7.35. The standard InChI is InChI=1S/C23H31N5O2.ClH/c1-4-5-6-7-14-24-16-19-10-13-21(22(15-19)29-3)30-17-23-25-26-27-28(23)20-11-8-18(2)9-12-20;/h8-13,15,24H,4-7,14,16-17H2,1-3H3;1H. The van der Waals surface area contributed by atoms with E-state index in [0.29, 0.717) is 17.3 Å². The molecule has 0 bridgehead atoms. The summed E-state index contributed by atoms with van der Waals surface area (Å²) in [6, 6.07) is 14.0. The van der Waals surface area contributed by atoms with Crippen LogP contribution in [0.25, 0.3) is 5.69 Å². The first-order chi connectivity index (χ1) is 14.7. The van der Waals surface area contributed by atoms with Gasteiger partial charge in [0.1, 0.15) is 0 Å². The molecule has 1 aromatic heterocycles. The van der Waals surface area contributed by atoms with Crippen LogP contribution < -0.4 is 14.8 Å². The summed E-state index contributed by atoms with van der Waals surface area (Å²) >= 11 is 0. The number of benzene rings is 2. The molecular formula is C23H32ClN5O2. The minimum absolute atomic E-state index is 0. The molecule has 1 heterocycles. The molecule has 0 fully saturated rings. The van der Waals surface area contributed by atoms with Crippen molar-refractivity contribution >= 4 is 12.4 Å². The fourth-order valence-corrected chi connectivity index (χ4v) is 3.18. The number of ether oxygens (including phenoxy) is 2. The fraction of sp³-hybridized carbons (Fsp3) is 0.435. The maximum Gasteiger partial charge on any atom is 0.194 e. The maximum atomic E-state index is 5.97. The monoisotopic (exact) mass is 445 g/mol. The maximum absolute atomic E-state index is 5.97. The number of hydrogen-bond acceptors (Lipinski definition) is 6. The van der Waals surface area contributed by atoms with Crippen molar-refractivity contribution in [2.75, 3.05) is 13.7 Å². The van der Waals surface area contributed by atoms with Crippen molar-refractivity contribution in [2.45, 2.75) is 52.7 Å². The highest BCUT2D eigenvalue weighted by Gasteiger charge is 2.12. The van der Waals surface area contributed by atoms with Gasteiger partial charge in [-0.3, -0.25) is 0 Å². The molecule has 0 spiro atoms. The van der Waals surface area contributed by atoms with Crippen molar-refractivity contribution in [3.63, 3.8) is 0 Å². The number of unbranched alkanes of at least 4 members (excludes halogenated alkanes) is 3. The lowest BCUT2D eigenvalue weighted by Gasteiger charge is -2.13. The van der Waals surface area contributed by atoms with Gasteiger partial charge in [-0.1, -0.05) is 49.9 Å². The van der Waals surface area contributed by atoms with Crippen molar-refractivity contribution in [2.24, 2.45) is 0 Å². The molecule has 3 rings (SSSR count). The van der Waals surface area contributed by atoms with Crippen LogP contribution in [-0.4, -0.2) is 33.9 Å². The molecule has 0 aliphatic rings. The zero-order valence-corrected chi connectivity index (χ0v) is 19.3. The summed E-state index contributed by atoms with van der Waals surface area (Å²) in [6.07, 6.45) is 5.05. The summed E-state index contributed by atoms with van der Waals surface area (Å²) in [4.78, 5) is 0. The van der Waals surface area contributed by atoms with Gasteiger partial charge in [-0.2, -0.15) is 4.68 Å². The van der Waals surface area contributed by atoms with Crippen LogP contribution in [0.4, 0.5) is 0 Å². The van der Waals surface area contributed by atoms with E-state index in [1.807, 2.05) is 43.3 Å². The third-order valence-corrected chi connectivity index (χ3v) is 4.93.